The van der Waals surface area contributed by atoms with Gasteiger partial charge in [0.1, 0.15) is 0 Å². The Morgan fingerprint density at radius 2 is 1.50 bits per heavy atom. The number of aryl methyl sites for hydroxylation is 2. The largest absolute Gasteiger partial charge is 0.490 e. The van der Waals surface area contributed by atoms with Gasteiger partial charge in [0.05, 0.1) is 6.61 Å². The Morgan fingerprint density at radius 3 is 2.16 bits per heavy atom. The zero-order chi connectivity index (χ0) is 26.7. The first-order chi connectivity index (χ1) is 18.6. The molecule has 4 rings (SSSR count). The number of benzene rings is 3. The zero-order valence-corrected chi connectivity index (χ0v) is 22.6. The van der Waals surface area contributed by atoms with Crippen molar-refractivity contribution in [2.45, 2.75) is 70.6 Å². The molecule has 0 spiro atoms. The molecule has 3 aromatic carbocycles. The predicted molar refractivity (Wildman–Crippen MR) is 155 cm³/mol. The Bertz CT molecular complexity index is 1190. The van der Waals surface area contributed by atoms with Gasteiger partial charge in [-0.15, -0.1) is 6.58 Å². The van der Waals surface area contributed by atoms with Gasteiger partial charge in [-0.2, -0.15) is 4.39 Å². The minimum absolute atomic E-state index is 0.0587. The minimum atomic E-state index is -0.938. The molecular formula is C35H40F2O. The fourth-order valence-electron chi connectivity index (χ4n) is 5.40. The van der Waals surface area contributed by atoms with Crippen LogP contribution in [0.5, 0.6) is 5.75 Å². The Kier molecular flexibility index (Phi) is 10.3. The third kappa shape index (κ3) is 7.43. The van der Waals surface area contributed by atoms with Crippen LogP contribution in [0, 0.1) is 17.6 Å². The smallest absolute Gasteiger partial charge is 0.201 e. The molecule has 0 N–H and O–H groups in total. The average Bonchev–Trinajstić information content (AvgIpc) is 2.95. The lowest BCUT2D eigenvalue weighted by molar-refractivity contribution is 0.302. The molecule has 0 unspecified atom stereocenters. The van der Waals surface area contributed by atoms with Crippen LogP contribution in [0.1, 0.15) is 74.5 Å². The summed E-state index contributed by atoms with van der Waals surface area (Å²) in [6.07, 6.45) is 16.3. The van der Waals surface area contributed by atoms with E-state index in [4.69, 9.17) is 4.74 Å². The van der Waals surface area contributed by atoms with Crippen LogP contribution in [-0.2, 0) is 12.8 Å². The van der Waals surface area contributed by atoms with Gasteiger partial charge in [-0.25, -0.2) is 4.39 Å². The summed E-state index contributed by atoms with van der Waals surface area (Å²) in [6, 6.07) is 20.1. The number of halogens is 2. The second-order valence-electron chi connectivity index (χ2n) is 10.4. The molecule has 1 fully saturated rings. The summed E-state index contributed by atoms with van der Waals surface area (Å²) in [6.45, 7) is 6.11. The molecular weight excluding hydrogens is 474 g/mol. The van der Waals surface area contributed by atoms with Gasteiger partial charge >= 0.3 is 0 Å². The third-order valence-electron chi connectivity index (χ3n) is 7.66. The van der Waals surface area contributed by atoms with Crippen molar-refractivity contribution in [3.8, 4) is 16.9 Å². The Balaban J connectivity index is 1.26. The number of hydrogen-bond donors (Lipinski definition) is 0. The lowest BCUT2D eigenvalue weighted by Crippen LogP contribution is -2.11. The minimum Gasteiger partial charge on any atom is -0.490 e. The number of rotatable bonds is 12. The van der Waals surface area contributed by atoms with Crippen molar-refractivity contribution < 1.29 is 13.5 Å². The van der Waals surface area contributed by atoms with E-state index in [-0.39, 0.29) is 17.9 Å². The van der Waals surface area contributed by atoms with E-state index < -0.39 is 11.6 Å². The van der Waals surface area contributed by atoms with E-state index >= 15 is 0 Å². The molecule has 1 nitrogen and oxygen atoms in total. The summed E-state index contributed by atoms with van der Waals surface area (Å²) in [5.41, 5.74) is 5.07. The molecule has 0 aliphatic heterocycles. The van der Waals surface area contributed by atoms with Crippen molar-refractivity contribution in [3.63, 3.8) is 0 Å². The highest BCUT2D eigenvalue weighted by atomic mass is 19.2. The maximum Gasteiger partial charge on any atom is 0.201 e. The van der Waals surface area contributed by atoms with E-state index in [1.54, 1.807) is 12.1 Å². The van der Waals surface area contributed by atoms with Gasteiger partial charge in [-0.3, -0.25) is 0 Å². The number of hydrogen-bond acceptors (Lipinski definition) is 1. The molecule has 0 bridgehead atoms. The standard InChI is InChI=1S/C35H40F2O/c1-3-5-25-38-33-24-23-32(34(36)35(33)37)31-21-19-30(20-22-31)29-17-15-28(16-18-29)10-7-6-9-27-13-11-26(8-4-2)12-14-27/h3,7,10-14,19-24,28-29H,1,4-6,8-9,15-18,25H2,2H3. The van der Waals surface area contributed by atoms with Crippen molar-refractivity contribution in [1.82, 2.24) is 0 Å². The first-order valence-corrected chi connectivity index (χ1v) is 14.2. The molecule has 0 aromatic heterocycles. The van der Waals surface area contributed by atoms with E-state index in [0.29, 0.717) is 23.8 Å². The first kappa shape index (κ1) is 27.8. The SMILES string of the molecule is C=CCCOc1ccc(-c2ccc(C3CCC(C=CCCc4ccc(CCC)cc4)CC3)cc2)c(F)c1F. The molecule has 3 heteroatoms. The maximum absolute atomic E-state index is 14.7. The summed E-state index contributed by atoms with van der Waals surface area (Å²) in [5, 5.41) is 0. The van der Waals surface area contributed by atoms with Gasteiger partial charge in [0.2, 0.25) is 5.82 Å². The van der Waals surface area contributed by atoms with Gasteiger partial charge in [-0.1, -0.05) is 80.1 Å². The number of ether oxygens (including phenoxy) is 1. The van der Waals surface area contributed by atoms with Crippen LogP contribution in [0.3, 0.4) is 0 Å². The number of allylic oxidation sites excluding steroid dienone is 2. The van der Waals surface area contributed by atoms with E-state index in [2.05, 4.69) is 62.1 Å². The molecule has 1 aliphatic carbocycles. The molecule has 0 atom stereocenters. The summed E-state index contributed by atoms with van der Waals surface area (Å²) in [5.74, 6) is -0.683. The summed E-state index contributed by atoms with van der Waals surface area (Å²) in [7, 11) is 0. The second-order valence-corrected chi connectivity index (χ2v) is 10.4. The fraction of sp³-hybridized carbons (Fsp3) is 0.371. The zero-order valence-electron chi connectivity index (χ0n) is 22.6. The van der Waals surface area contributed by atoms with E-state index in [0.717, 1.165) is 32.1 Å². The fourth-order valence-corrected chi connectivity index (χ4v) is 5.40. The van der Waals surface area contributed by atoms with E-state index in [9.17, 15) is 8.78 Å². The van der Waals surface area contributed by atoms with E-state index in [1.165, 1.54) is 42.0 Å². The van der Waals surface area contributed by atoms with Crippen LogP contribution in [0.25, 0.3) is 11.1 Å². The van der Waals surface area contributed by atoms with Crippen molar-refractivity contribution in [1.29, 1.82) is 0 Å². The normalized spacial score (nSPS) is 17.6. The van der Waals surface area contributed by atoms with Crippen LogP contribution in [0.2, 0.25) is 0 Å². The van der Waals surface area contributed by atoms with Crippen LogP contribution in [-0.4, -0.2) is 6.61 Å². The second kappa shape index (κ2) is 14.1. The Labute approximate surface area is 227 Å². The summed E-state index contributed by atoms with van der Waals surface area (Å²) < 4.78 is 34.6. The Morgan fingerprint density at radius 1 is 0.816 bits per heavy atom. The molecule has 0 saturated heterocycles. The highest BCUT2D eigenvalue weighted by Gasteiger charge is 2.21. The summed E-state index contributed by atoms with van der Waals surface area (Å²) in [4.78, 5) is 0. The molecule has 1 saturated carbocycles. The first-order valence-electron chi connectivity index (χ1n) is 14.2. The van der Waals surface area contributed by atoms with Crippen molar-refractivity contribution in [3.05, 3.63) is 114 Å². The molecule has 38 heavy (non-hydrogen) atoms. The molecule has 1 aliphatic rings. The predicted octanol–water partition coefficient (Wildman–Crippen LogP) is 10.0. The summed E-state index contributed by atoms with van der Waals surface area (Å²) >= 11 is 0. The monoisotopic (exact) mass is 514 g/mol. The van der Waals surface area contributed by atoms with Crippen LogP contribution < -0.4 is 4.74 Å². The lowest BCUT2D eigenvalue weighted by atomic mass is 9.78. The van der Waals surface area contributed by atoms with Crippen molar-refractivity contribution >= 4 is 0 Å². The van der Waals surface area contributed by atoms with Gasteiger partial charge in [0, 0.05) is 5.56 Å². The van der Waals surface area contributed by atoms with Gasteiger partial charge < -0.3 is 4.74 Å². The molecule has 0 amide bonds. The topological polar surface area (TPSA) is 9.23 Å². The van der Waals surface area contributed by atoms with Crippen molar-refractivity contribution in [2.24, 2.45) is 5.92 Å². The van der Waals surface area contributed by atoms with Gasteiger partial charge in [-0.05, 0) is 97.6 Å². The van der Waals surface area contributed by atoms with Crippen LogP contribution in [0.4, 0.5) is 8.78 Å². The highest BCUT2D eigenvalue weighted by molar-refractivity contribution is 5.65. The molecule has 0 heterocycles. The van der Waals surface area contributed by atoms with Crippen LogP contribution >= 0.6 is 0 Å². The van der Waals surface area contributed by atoms with Crippen molar-refractivity contribution in [2.75, 3.05) is 6.61 Å². The molecule has 200 valence electrons. The third-order valence-corrected chi connectivity index (χ3v) is 7.66. The average molecular weight is 515 g/mol. The quantitative estimate of drug-likeness (QED) is 0.173. The van der Waals surface area contributed by atoms with Gasteiger partial charge in [0.25, 0.3) is 0 Å². The van der Waals surface area contributed by atoms with E-state index in [1.807, 2.05) is 12.1 Å². The maximum atomic E-state index is 14.7. The molecule has 0 radical (unpaired) electrons. The van der Waals surface area contributed by atoms with Gasteiger partial charge in [0.15, 0.2) is 11.6 Å². The Hall–Kier alpha value is -3.20. The van der Waals surface area contributed by atoms with Crippen LogP contribution in [0.15, 0.2) is 85.5 Å². The lowest BCUT2D eigenvalue weighted by Gasteiger charge is -2.27. The highest BCUT2D eigenvalue weighted by Crippen LogP contribution is 2.37. The molecule has 3 aromatic rings.